The number of hydrogen-bond donors (Lipinski definition) is 1. The molecule has 2 saturated heterocycles. The minimum atomic E-state index is 0.136. The smallest absolute Gasteiger partial charge is 0.254 e. The minimum Gasteiger partial charge on any atom is -0.339 e. The largest absolute Gasteiger partial charge is 0.339 e. The summed E-state index contributed by atoms with van der Waals surface area (Å²) in [5, 5.41) is 4.44. The number of fused-ring (bicyclic) bond motifs is 1. The maximum Gasteiger partial charge on any atom is 0.254 e. The summed E-state index contributed by atoms with van der Waals surface area (Å²) in [6.45, 7) is 3.91. The lowest BCUT2D eigenvalue weighted by atomic mass is 9.77. The number of carbonyl (C=O) groups is 1. The van der Waals surface area contributed by atoms with E-state index < -0.39 is 0 Å². The molecular weight excluding hydrogens is 346 g/mol. The van der Waals surface area contributed by atoms with Crippen LogP contribution in [-0.4, -0.2) is 42.0 Å². The van der Waals surface area contributed by atoms with Gasteiger partial charge >= 0.3 is 0 Å². The molecular formula is C24H25N3O. The second-order valence-corrected chi connectivity index (χ2v) is 8.16. The van der Waals surface area contributed by atoms with Crippen molar-refractivity contribution in [3.05, 3.63) is 66.2 Å². The second kappa shape index (κ2) is 7.02. The average molecular weight is 371 g/mol. The molecule has 1 spiro atoms. The van der Waals surface area contributed by atoms with E-state index in [4.69, 9.17) is 4.98 Å². The number of amides is 1. The summed E-state index contributed by atoms with van der Waals surface area (Å²) in [5.41, 5.74) is 3.95. The van der Waals surface area contributed by atoms with Crippen molar-refractivity contribution >= 4 is 16.8 Å². The molecule has 0 unspecified atom stereocenters. The van der Waals surface area contributed by atoms with E-state index in [-0.39, 0.29) is 5.91 Å². The van der Waals surface area contributed by atoms with Gasteiger partial charge in [0.25, 0.3) is 5.91 Å². The summed E-state index contributed by atoms with van der Waals surface area (Å²) in [7, 11) is 0. The van der Waals surface area contributed by atoms with Crippen LogP contribution in [0.3, 0.4) is 0 Å². The van der Waals surface area contributed by atoms with Gasteiger partial charge in [-0.2, -0.15) is 0 Å². The molecule has 2 fully saturated rings. The number of hydrogen-bond acceptors (Lipinski definition) is 3. The van der Waals surface area contributed by atoms with Crippen molar-refractivity contribution in [3.8, 4) is 11.3 Å². The zero-order chi connectivity index (χ0) is 19.0. The van der Waals surface area contributed by atoms with E-state index in [9.17, 15) is 4.79 Å². The molecule has 2 aliphatic rings. The predicted molar refractivity (Wildman–Crippen MR) is 112 cm³/mol. The summed E-state index contributed by atoms with van der Waals surface area (Å²) in [5.74, 6) is 0.136. The number of aromatic nitrogens is 1. The highest BCUT2D eigenvalue weighted by Crippen LogP contribution is 2.37. The molecule has 4 heteroatoms. The van der Waals surface area contributed by atoms with E-state index in [1.165, 1.54) is 6.42 Å². The van der Waals surface area contributed by atoms with E-state index in [0.29, 0.717) is 5.41 Å². The Kier molecular flexibility index (Phi) is 4.36. The normalized spacial score (nSPS) is 18.6. The molecule has 3 aromatic rings. The molecule has 0 radical (unpaired) electrons. The van der Waals surface area contributed by atoms with Crippen LogP contribution in [0.1, 0.15) is 29.6 Å². The molecule has 1 amide bonds. The van der Waals surface area contributed by atoms with Gasteiger partial charge in [-0.1, -0.05) is 48.5 Å². The Bertz CT molecular complexity index is 999. The minimum absolute atomic E-state index is 0.136. The third-order valence-electron chi connectivity index (χ3n) is 6.46. The Morgan fingerprint density at radius 3 is 2.46 bits per heavy atom. The van der Waals surface area contributed by atoms with E-state index >= 15 is 0 Å². The molecule has 2 aromatic carbocycles. The van der Waals surface area contributed by atoms with Crippen LogP contribution < -0.4 is 5.32 Å². The lowest BCUT2D eigenvalue weighted by Crippen LogP contribution is -2.44. The third kappa shape index (κ3) is 3.08. The molecule has 2 aliphatic heterocycles. The molecule has 28 heavy (non-hydrogen) atoms. The summed E-state index contributed by atoms with van der Waals surface area (Å²) in [6.07, 6.45) is 3.44. The van der Waals surface area contributed by atoms with Gasteiger partial charge in [-0.05, 0) is 43.4 Å². The van der Waals surface area contributed by atoms with Gasteiger partial charge in [0.15, 0.2) is 0 Å². The first-order chi connectivity index (χ1) is 13.7. The van der Waals surface area contributed by atoms with Gasteiger partial charge in [-0.15, -0.1) is 0 Å². The number of piperidine rings is 1. The van der Waals surface area contributed by atoms with E-state index in [1.807, 2.05) is 65.6 Å². The van der Waals surface area contributed by atoms with Crippen LogP contribution in [0.15, 0.2) is 60.7 Å². The van der Waals surface area contributed by atoms with Crippen molar-refractivity contribution in [2.75, 3.05) is 26.2 Å². The van der Waals surface area contributed by atoms with Crippen LogP contribution in [0, 0.1) is 5.41 Å². The Morgan fingerprint density at radius 2 is 1.71 bits per heavy atom. The first-order valence-corrected chi connectivity index (χ1v) is 10.2. The highest BCUT2D eigenvalue weighted by Gasteiger charge is 2.38. The Hall–Kier alpha value is -2.72. The number of pyridine rings is 1. The number of rotatable bonds is 2. The van der Waals surface area contributed by atoms with Gasteiger partial charge in [0.1, 0.15) is 0 Å². The monoisotopic (exact) mass is 371 g/mol. The van der Waals surface area contributed by atoms with Gasteiger partial charge in [0.05, 0.1) is 16.8 Å². The first-order valence-electron chi connectivity index (χ1n) is 10.2. The highest BCUT2D eigenvalue weighted by atomic mass is 16.2. The Morgan fingerprint density at radius 1 is 0.964 bits per heavy atom. The van der Waals surface area contributed by atoms with E-state index in [1.54, 1.807) is 0 Å². The number of nitrogens with one attached hydrogen (secondary N) is 1. The Labute approximate surface area is 165 Å². The molecule has 1 N–H and O–H groups in total. The van der Waals surface area contributed by atoms with Crippen LogP contribution in [0.2, 0.25) is 0 Å². The molecule has 1 aromatic heterocycles. The van der Waals surface area contributed by atoms with Crippen LogP contribution in [0.5, 0.6) is 0 Å². The van der Waals surface area contributed by atoms with Crippen LogP contribution >= 0.6 is 0 Å². The van der Waals surface area contributed by atoms with E-state index in [0.717, 1.165) is 66.7 Å². The van der Waals surface area contributed by atoms with Gasteiger partial charge < -0.3 is 10.2 Å². The number of likely N-dealkylation sites (tertiary alicyclic amines) is 1. The van der Waals surface area contributed by atoms with Crippen molar-refractivity contribution in [2.24, 2.45) is 5.41 Å². The fourth-order valence-corrected chi connectivity index (χ4v) is 4.69. The Balaban J connectivity index is 1.50. The molecule has 142 valence electrons. The molecule has 3 heterocycles. The van der Waals surface area contributed by atoms with E-state index in [2.05, 4.69) is 5.32 Å². The van der Waals surface area contributed by atoms with Gasteiger partial charge in [-0.3, -0.25) is 4.79 Å². The molecule has 5 rings (SSSR count). The van der Waals surface area contributed by atoms with Crippen LogP contribution in [0.4, 0.5) is 0 Å². The molecule has 0 bridgehead atoms. The van der Waals surface area contributed by atoms with Crippen molar-refractivity contribution < 1.29 is 4.79 Å². The van der Waals surface area contributed by atoms with Crippen LogP contribution in [-0.2, 0) is 0 Å². The third-order valence-corrected chi connectivity index (χ3v) is 6.46. The van der Waals surface area contributed by atoms with Gasteiger partial charge in [-0.25, -0.2) is 4.98 Å². The van der Waals surface area contributed by atoms with Gasteiger partial charge in [0, 0.05) is 30.6 Å². The summed E-state index contributed by atoms with van der Waals surface area (Å²) >= 11 is 0. The highest BCUT2D eigenvalue weighted by molar-refractivity contribution is 6.07. The van der Waals surface area contributed by atoms with Gasteiger partial charge in [0.2, 0.25) is 0 Å². The van der Waals surface area contributed by atoms with Crippen molar-refractivity contribution in [2.45, 2.75) is 19.3 Å². The maximum atomic E-state index is 13.5. The van der Waals surface area contributed by atoms with Crippen molar-refractivity contribution in [1.82, 2.24) is 15.2 Å². The summed E-state index contributed by atoms with van der Waals surface area (Å²) in [6, 6.07) is 20.0. The average Bonchev–Trinajstić information content (AvgIpc) is 3.21. The molecule has 0 atom stereocenters. The number of nitrogens with zero attached hydrogens (tertiary/aromatic N) is 2. The molecule has 0 aliphatic carbocycles. The standard InChI is InChI=1S/C24H25N3O/c28-23(27-14-11-24(12-15-27)10-13-25-17-24)20-16-22(18-6-2-1-3-7-18)26-21-9-5-4-8-19(20)21/h1-9,16,25H,10-15,17H2. The number of para-hydroxylation sites is 1. The SMILES string of the molecule is O=C(c1cc(-c2ccccc2)nc2ccccc12)N1CCC2(CCNC2)CC1. The fraction of sp³-hybridized carbons (Fsp3) is 0.333. The summed E-state index contributed by atoms with van der Waals surface area (Å²) in [4.78, 5) is 20.3. The molecule has 4 nitrogen and oxygen atoms in total. The van der Waals surface area contributed by atoms with Crippen molar-refractivity contribution in [1.29, 1.82) is 0 Å². The van der Waals surface area contributed by atoms with Crippen molar-refractivity contribution in [3.63, 3.8) is 0 Å². The van der Waals surface area contributed by atoms with Crippen LogP contribution in [0.25, 0.3) is 22.2 Å². The second-order valence-electron chi connectivity index (χ2n) is 8.16. The lowest BCUT2D eigenvalue weighted by Gasteiger charge is -2.39. The predicted octanol–water partition coefficient (Wildman–Crippen LogP) is 4.12. The number of carbonyl (C=O) groups excluding carboxylic acids is 1. The number of benzene rings is 2. The lowest BCUT2D eigenvalue weighted by molar-refractivity contribution is 0.0609. The topological polar surface area (TPSA) is 45.2 Å². The summed E-state index contributed by atoms with van der Waals surface area (Å²) < 4.78 is 0. The quantitative estimate of drug-likeness (QED) is 0.737. The maximum absolute atomic E-state index is 13.5. The molecule has 0 saturated carbocycles. The first kappa shape index (κ1) is 17.4. The zero-order valence-corrected chi connectivity index (χ0v) is 16.0. The fourth-order valence-electron chi connectivity index (χ4n) is 4.69. The zero-order valence-electron chi connectivity index (χ0n) is 16.0.